The third-order valence-electron chi connectivity index (χ3n) is 3.35. The lowest BCUT2D eigenvalue weighted by Gasteiger charge is -2.46. The van der Waals surface area contributed by atoms with E-state index in [-0.39, 0.29) is 5.41 Å². The van der Waals surface area contributed by atoms with Crippen LogP contribution in [0.15, 0.2) is 0 Å². The van der Waals surface area contributed by atoms with Crippen LogP contribution in [-0.2, 0) is 4.74 Å². The zero-order valence-corrected chi connectivity index (χ0v) is 8.07. The van der Waals surface area contributed by atoms with Crippen LogP contribution in [0.1, 0.15) is 12.8 Å². The maximum Gasteiger partial charge on any atom is 0.531 e. The van der Waals surface area contributed by atoms with Crippen molar-refractivity contribution in [2.45, 2.75) is 12.8 Å². The van der Waals surface area contributed by atoms with Gasteiger partial charge in [-0.25, -0.2) is 0 Å². The van der Waals surface area contributed by atoms with Crippen molar-refractivity contribution < 1.29 is 22.6 Å². The van der Waals surface area contributed by atoms with Crippen LogP contribution in [0.3, 0.4) is 0 Å². The van der Waals surface area contributed by atoms with Gasteiger partial charge in [-0.05, 0) is 0 Å². The summed E-state index contributed by atoms with van der Waals surface area (Å²) in [5.74, 6) is 0. The van der Waals surface area contributed by atoms with E-state index in [0.29, 0.717) is 18.0 Å². The number of rotatable bonds is 2. The topological polar surface area (TPSA) is 13.7 Å². The normalized spacial score (nSPS) is 27.6. The minimum absolute atomic E-state index is 0.252. The fraction of sp³-hybridized carbons (Fsp3) is 1.00. The Morgan fingerprint density at radius 3 is 2.07 bits per heavy atom. The Balaban J connectivity index is 1.78. The molecule has 0 saturated carbocycles. The molecule has 0 atom stereocenters. The summed E-state index contributed by atoms with van der Waals surface area (Å²) in [4.78, 5) is 0.704. The maximum absolute atomic E-state index is 12.1. The van der Waals surface area contributed by atoms with Crippen LogP contribution in [0.4, 0.5) is 12.9 Å². The zero-order valence-electron chi connectivity index (χ0n) is 8.07. The summed E-state index contributed by atoms with van der Waals surface area (Å²) in [6.45, 7) is -1.78. The average molecular weight is 209 g/mol. The van der Waals surface area contributed by atoms with Gasteiger partial charge < -0.3 is 22.6 Å². The number of halogens is 3. The molecular formula is C8H15BF3NO. The van der Waals surface area contributed by atoms with E-state index in [4.69, 9.17) is 4.74 Å². The molecule has 0 unspecified atom stereocenters. The van der Waals surface area contributed by atoms with Crippen molar-refractivity contribution in [1.29, 1.82) is 0 Å². The first-order valence-electron chi connectivity index (χ1n) is 5.12. The summed E-state index contributed by atoms with van der Waals surface area (Å²) < 4.78 is 41.6. The smallest absolute Gasteiger partial charge is 0.445 e. The van der Waals surface area contributed by atoms with Crippen LogP contribution in [0.25, 0.3) is 0 Å². The largest absolute Gasteiger partial charge is 0.531 e. The first-order valence-corrected chi connectivity index (χ1v) is 5.12. The highest BCUT2D eigenvalue weighted by atomic mass is 19.4. The number of piperidine rings is 1. The van der Waals surface area contributed by atoms with E-state index in [2.05, 4.69) is 0 Å². The van der Waals surface area contributed by atoms with E-state index in [1.807, 2.05) is 0 Å². The first-order chi connectivity index (χ1) is 6.49. The zero-order chi connectivity index (χ0) is 10.2. The molecule has 2 heterocycles. The molecule has 2 saturated heterocycles. The van der Waals surface area contributed by atoms with Crippen molar-refractivity contribution in [2.24, 2.45) is 5.41 Å². The van der Waals surface area contributed by atoms with Gasteiger partial charge >= 0.3 is 6.98 Å². The molecule has 2 nitrogen and oxygen atoms in total. The number of ether oxygens (including phenoxy) is 1. The lowest BCUT2D eigenvalue weighted by molar-refractivity contribution is -0.900. The fourth-order valence-corrected chi connectivity index (χ4v) is 2.34. The van der Waals surface area contributed by atoms with Crippen molar-refractivity contribution >= 4 is 6.98 Å². The van der Waals surface area contributed by atoms with E-state index in [1.54, 1.807) is 0 Å². The molecular weight excluding hydrogens is 194 g/mol. The quantitative estimate of drug-likeness (QED) is 0.635. The minimum atomic E-state index is -4.62. The molecule has 14 heavy (non-hydrogen) atoms. The molecule has 0 aromatic carbocycles. The highest BCUT2D eigenvalue weighted by Crippen LogP contribution is 2.35. The second-order valence-electron chi connectivity index (χ2n) is 4.66. The van der Waals surface area contributed by atoms with Gasteiger partial charge in [0.15, 0.2) is 0 Å². The second-order valence-corrected chi connectivity index (χ2v) is 4.66. The summed E-state index contributed by atoms with van der Waals surface area (Å²) >= 11 is 0. The Hall–Kier alpha value is -0.225. The van der Waals surface area contributed by atoms with Crippen molar-refractivity contribution in [3.05, 3.63) is 0 Å². The van der Waals surface area contributed by atoms with Crippen LogP contribution in [-0.4, -0.2) is 39.7 Å². The van der Waals surface area contributed by atoms with E-state index >= 15 is 0 Å². The van der Waals surface area contributed by atoms with Crippen molar-refractivity contribution in [1.82, 2.24) is 0 Å². The number of nitrogens with one attached hydrogen (secondary N) is 1. The molecule has 2 aliphatic heterocycles. The van der Waals surface area contributed by atoms with Gasteiger partial charge in [-0.15, -0.1) is 0 Å². The molecule has 2 aliphatic rings. The third-order valence-corrected chi connectivity index (χ3v) is 3.35. The summed E-state index contributed by atoms with van der Waals surface area (Å²) in [6.07, 6.45) is 1.18. The molecule has 0 aromatic rings. The van der Waals surface area contributed by atoms with E-state index in [0.717, 1.165) is 26.1 Å². The molecule has 0 aliphatic carbocycles. The summed E-state index contributed by atoms with van der Waals surface area (Å²) in [5.41, 5.74) is 0.252. The molecule has 0 bridgehead atoms. The summed E-state index contributed by atoms with van der Waals surface area (Å²) in [7, 11) is 0. The van der Waals surface area contributed by atoms with Crippen LogP contribution in [0.2, 0.25) is 0 Å². The average Bonchev–Trinajstić information content (AvgIpc) is 2.00. The van der Waals surface area contributed by atoms with Crippen molar-refractivity contribution in [3.63, 3.8) is 0 Å². The first kappa shape index (κ1) is 10.3. The van der Waals surface area contributed by atoms with Crippen LogP contribution in [0.5, 0.6) is 0 Å². The predicted octanol–water partition coefficient (Wildman–Crippen LogP) is 0.0683. The lowest BCUT2D eigenvalue weighted by atomic mass is 9.76. The molecule has 1 N–H and O–H groups in total. The van der Waals surface area contributed by atoms with Crippen molar-refractivity contribution in [2.75, 3.05) is 32.7 Å². The molecule has 82 valence electrons. The Bertz CT molecular complexity index is 207. The molecule has 0 radical (unpaired) electrons. The van der Waals surface area contributed by atoms with Crippen molar-refractivity contribution in [3.8, 4) is 0 Å². The van der Waals surface area contributed by atoms with Gasteiger partial charge in [0.25, 0.3) is 0 Å². The fourth-order valence-electron chi connectivity index (χ4n) is 2.34. The Morgan fingerprint density at radius 2 is 1.71 bits per heavy atom. The third kappa shape index (κ3) is 2.23. The lowest BCUT2D eigenvalue weighted by Crippen LogP contribution is -3.15. The monoisotopic (exact) mass is 209 g/mol. The Morgan fingerprint density at radius 1 is 1.14 bits per heavy atom. The Kier molecular flexibility index (Phi) is 2.51. The standard InChI is InChI=1S/C8H14BF3NO/c10-9(11,12)7-13-3-1-8(2-4-13)5-14-6-8/h1-7H2/q-1/p+1. The molecule has 0 amide bonds. The number of likely N-dealkylation sites (tertiary alicyclic amines) is 1. The molecule has 2 rings (SSSR count). The SMILES string of the molecule is F[B-](F)(F)C[NH+]1CCC2(CC1)COC2. The predicted molar refractivity (Wildman–Crippen MR) is 47.1 cm³/mol. The molecule has 2 fully saturated rings. The minimum Gasteiger partial charge on any atom is -0.445 e. The van der Waals surface area contributed by atoms with Crippen LogP contribution in [0, 0.1) is 5.41 Å². The summed E-state index contributed by atoms with van der Waals surface area (Å²) in [5, 5.41) is 0. The van der Waals surface area contributed by atoms with Gasteiger partial charge in [0, 0.05) is 18.3 Å². The number of quaternary nitrogens is 1. The highest BCUT2D eigenvalue weighted by molar-refractivity contribution is 6.58. The molecule has 1 spiro atoms. The van der Waals surface area contributed by atoms with Crippen LogP contribution >= 0.6 is 0 Å². The van der Waals surface area contributed by atoms with Gasteiger partial charge in [0.05, 0.1) is 32.7 Å². The van der Waals surface area contributed by atoms with Gasteiger partial charge in [-0.1, -0.05) is 0 Å². The van der Waals surface area contributed by atoms with E-state index in [9.17, 15) is 12.9 Å². The number of hydrogen-bond acceptors (Lipinski definition) is 1. The highest BCUT2D eigenvalue weighted by Gasteiger charge is 2.44. The van der Waals surface area contributed by atoms with E-state index in [1.165, 1.54) is 0 Å². The second kappa shape index (κ2) is 3.41. The maximum atomic E-state index is 12.1. The van der Waals surface area contributed by atoms with Gasteiger partial charge in [-0.3, -0.25) is 0 Å². The molecule has 0 aromatic heterocycles. The van der Waals surface area contributed by atoms with Crippen LogP contribution < -0.4 is 4.90 Å². The summed E-state index contributed by atoms with van der Waals surface area (Å²) in [6, 6.07) is 0. The van der Waals surface area contributed by atoms with Gasteiger partial charge in [-0.2, -0.15) is 0 Å². The number of hydrogen-bond donors (Lipinski definition) is 1. The molecule has 6 heteroatoms. The van der Waals surface area contributed by atoms with Gasteiger partial charge in [0.1, 0.15) is 0 Å². The Labute approximate surface area is 81.5 Å². The van der Waals surface area contributed by atoms with E-state index < -0.39 is 13.4 Å². The van der Waals surface area contributed by atoms with Gasteiger partial charge in [0.2, 0.25) is 0 Å².